The third kappa shape index (κ3) is 6.92. The maximum Gasteiger partial charge on any atom is 0.0462 e. The molecular weight excluding hydrogens is 183 g/mol. The SMILES string of the molecule is COCCCCC(CCl)CCl. The molecule has 0 aromatic carbocycles. The van der Waals surface area contributed by atoms with Gasteiger partial charge in [0, 0.05) is 25.5 Å². The van der Waals surface area contributed by atoms with Crippen LogP contribution in [0.4, 0.5) is 0 Å². The van der Waals surface area contributed by atoms with Crippen LogP contribution >= 0.6 is 23.2 Å². The molecule has 0 saturated carbocycles. The molecule has 68 valence electrons. The van der Waals surface area contributed by atoms with Crippen molar-refractivity contribution in [3.05, 3.63) is 0 Å². The summed E-state index contributed by atoms with van der Waals surface area (Å²) in [4.78, 5) is 0. The van der Waals surface area contributed by atoms with Crippen LogP contribution in [0.1, 0.15) is 19.3 Å². The van der Waals surface area contributed by atoms with E-state index in [1.807, 2.05) is 0 Å². The van der Waals surface area contributed by atoms with E-state index in [-0.39, 0.29) is 0 Å². The average Bonchev–Trinajstić information content (AvgIpc) is 2.05. The normalized spacial score (nSPS) is 10.9. The molecule has 1 nitrogen and oxygen atoms in total. The van der Waals surface area contributed by atoms with Crippen molar-refractivity contribution in [2.24, 2.45) is 5.92 Å². The molecule has 0 saturated heterocycles. The molecule has 0 atom stereocenters. The predicted octanol–water partition coefficient (Wildman–Crippen LogP) is 2.90. The van der Waals surface area contributed by atoms with E-state index in [9.17, 15) is 0 Å². The maximum atomic E-state index is 5.66. The van der Waals surface area contributed by atoms with E-state index in [1.165, 1.54) is 0 Å². The second-order valence-corrected chi connectivity index (χ2v) is 3.28. The third-order valence-corrected chi connectivity index (χ3v) is 2.52. The summed E-state index contributed by atoms with van der Waals surface area (Å²) in [5.74, 6) is 1.84. The quantitative estimate of drug-likeness (QED) is 0.452. The zero-order valence-corrected chi connectivity index (χ0v) is 8.50. The first-order valence-corrected chi connectivity index (χ1v) is 5.03. The lowest BCUT2D eigenvalue weighted by Gasteiger charge is -2.08. The van der Waals surface area contributed by atoms with Gasteiger partial charge in [-0.05, 0) is 18.8 Å². The molecular formula is C8H16Cl2O. The Kier molecular flexibility index (Phi) is 9.06. The molecule has 0 aliphatic carbocycles. The molecule has 0 heterocycles. The summed E-state index contributed by atoms with van der Waals surface area (Å²) in [5.41, 5.74) is 0. The van der Waals surface area contributed by atoms with Crippen LogP contribution in [-0.4, -0.2) is 25.5 Å². The topological polar surface area (TPSA) is 9.23 Å². The van der Waals surface area contributed by atoms with Crippen molar-refractivity contribution in [1.82, 2.24) is 0 Å². The highest BCUT2D eigenvalue weighted by molar-refractivity contribution is 6.20. The van der Waals surface area contributed by atoms with Gasteiger partial charge < -0.3 is 4.74 Å². The van der Waals surface area contributed by atoms with Gasteiger partial charge in [-0.15, -0.1) is 23.2 Å². The van der Waals surface area contributed by atoms with Crippen molar-refractivity contribution in [3.8, 4) is 0 Å². The van der Waals surface area contributed by atoms with Crippen LogP contribution in [0.5, 0.6) is 0 Å². The fraction of sp³-hybridized carbons (Fsp3) is 1.00. The summed E-state index contributed by atoms with van der Waals surface area (Å²) in [6, 6.07) is 0. The van der Waals surface area contributed by atoms with Crippen LogP contribution in [0.2, 0.25) is 0 Å². The zero-order chi connectivity index (χ0) is 8.53. The smallest absolute Gasteiger partial charge is 0.0462 e. The van der Waals surface area contributed by atoms with Crippen LogP contribution in [0.15, 0.2) is 0 Å². The minimum atomic E-state index is 0.482. The second-order valence-electron chi connectivity index (χ2n) is 2.66. The Labute approximate surface area is 79.0 Å². The lowest BCUT2D eigenvalue weighted by atomic mass is 10.1. The molecule has 0 unspecified atom stereocenters. The van der Waals surface area contributed by atoms with Crippen LogP contribution in [0.3, 0.4) is 0 Å². The molecule has 0 spiro atoms. The number of methoxy groups -OCH3 is 1. The molecule has 0 N–H and O–H groups in total. The number of rotatable bonds is 7. The molecule has 0 aliphatic heterocycles. The van der Waals surface area contributed by atoms with Gasteiger partial charge in [0.05, 0.1) is 0 Å². The molecule has 0 aromatic rings. The maximum absolute atomic E-state index is 5.66. The van der Waals surface area contributed by atoms with Gasteiger partial charge in [0.25, 0.3) is 0 Å². The average molecular weight is 199 g/mol. The van der Waals surface area contributed by atoms with Crippen molar-refractivity contribution < 1.29 is 4.74 Å². The molecule has 0 rings (SSSR count). The number of hydrogen-bond donors (Lipinski definition) is 0. The fourth-order valence-electron chi connectivity index (χ4n) is 0.875. The van der Waals surface area contributed by atoms with Crippen LogP contribution in [-0.2, 0) is 4.74 Å². The Morgan fingerprint density at radius 1 is 1.18 bits per heavy atom. The largest absolute Gasteiger partial charge is 0.385 e. The number of halogens is 2. The molecule has 0 aromatic heterocycles. The zero-order valence-electron chi connectivity index (χ0n) is 6.98. The van der Waals surface area contributed by atoms with Gasteiger partial charge in [0.1, 0.15) is 0 Å². The van der Waals surface area contributed by atoms with Gasteiger partial charge in [-0.3, -0.25) is 0 Å². The van der Waals surface area contributed by atoms with Crippen molar-refractivity contribution in [1.29, 1.82) is 0 Å². The molecule has 0 fully saturated rings. The molecule has 0 aliphatic rings. The molecule has 3 heteroatoms. The van der Waals surface area contributed by atoms with Crippen molar-refractivity contribution in [3.63, 3.8) is 0 Å². The Bertz CT molecular complexity index is 74.5. The first-order chi connectivity index (χ1) is 5.35. The predicted molar refractivity (Wildman–Crippen MR) is 50.7 cm³/mol. The first kappa shape index (κ1) is 11.5. The standard InChI is InChI=1S/C8H16Cl2O/c1-11-5-3-2-4-8(6-9)7-10/h8H,2-7H2,1H3. The highest BCUT2D eigenvalue weighted by atomic mass is 35.5. The van der Waals surface area contributed by atoms with E-state index >= 15 is 0 Å². The fourth-order valence-corrected chi connectivity index (χ4v) is 1.51. The van der Waals surface area contributed by atoms with Gasteiger partial charge in [-0.2, -0.15) is 0 Å². The van der Waals surface area contributed by atoms with Gasteiger partial charge >= 0.3 is 0 Å². The number of hydrogen-bond acceptors (Lipinski definition) is 1. The van der Waals surface area contributed by atoms with Gasteiger partial charge in [-0.25, -0.2) is 0 Å². The number of ether oxygens (including phenoxy) is 1. The minimum absolute atomic E-state index is 0.482. The molecule has 0 bridgehead atoms. The Morgan fingerprint density at radius 2 is 1.82 bits per heavy atom. The summed E-state index contributed by atoms with van der Waals surface area (Å²) in [6.07, 6.45) is 3.40. The lowest BCUT2D eigenvalue weighted by molar-refractivity contribution is 0.191. The van der Waals surface area contributed by atoms with E-state index in [4.69, 9.17) is 27.9 Å². The van der Waals surface area contributed by atoms with Crippen LogP contribution < -0.4 is 0 Å². The summed E-state index contributed by atoms with van der Waals surface area (Å²) >= 11 is 11.3. The molecule has 0 amide bonds. The Morgan fingerprint density at radius 3 is 2.27 bits per heavy atom. The monoisotopic (exact) mass is 198 g/mol. The van der Waals surface area contributed by atoms with Gasteiger partial charge in [0.15, 0.2) is 0 Å². The summed E-state index contributed by atoms with van der Waals surface area (Å²) in [5, 5.41) is 0. The first-order valence-electron chi connectivity index (χ1n) is 3.96. The second kappa shape index (κ2) is 8.63. The lowest BCUT2D eigenvalue weighted by Crippen LogP contribution is -2.04. The Balaban J connectivity index is 3.07. The van der Waals surface area contributed by atoms with E-state index in [2.05, 4.69) is 0 Å². The summed E-state index contributed by atoms with van der Waals surface area (Å²) in [6.45, 7) is 0.845. The van der Waals surface area contributed by atoms with Crippen LogP contribution in [0, 0.1) is 5.92 Å². The van der Waals surface area contributed by atoms with Gasteiger partial charge in [0.2, 0.25) is 0 Å². The number of alkyl halides is 2. The Hall–Kier alpha value is 0.540. The highest BCUT2D eigenvalue weighted by Gasteiger charge is 2.04. The molecule has 11 heavy (non-hydrogen) atoms. The van der Waals surface area contributed by atoms with Crippen LogP contribution in [0.25, 0.3) is 0 Å². The molecule has 0 radical (unpaired) electrons. The minimum Gasteiger partial charge on any atom is -0.385 e. The van der Waals surface area contributed by atoms with E-state index in [1.54, 1.807) is 7.11 Å². The highest BCUT2D eigenvalue weighted by Crippen LogP contribution is 2.11. The number of unbranched alkanes of at least 4 members (excludes halogenated alkanes) is 1. The van der Waals surface area contributed by atoms with E-state index in [0.29, 0.717) is 17.7 Å². The summed E-state index contributed by atoms with van der Waals surface area (Å²) < 4.78 is 4.92. The van der Waals surface area contributed by atoms with Gasteiger partial charge in [-0.1, -0.05) is 6.42 Å². The van der Waals surface area contributed by atoms with E-state index < -0.39 is 0 Å². The van der Waals surface area contributed by atoms with Crippen molar-refractivity contribution in [2.75, 3.05) is 25.5 Å². The van der Waals surface area contributed by atoms with Crippen molar-refractivity contribution in [2.45, 2.75) is 19.3 Å². The van der Waals surface area contributed by atoms with Crippen molar-refractivity contribution >= 4 is 23.2 Å². The summed E-state index contributed by atoms with van der Waals surface area (Å²) in [7, 11) is 1.72. The third-order valence-electron chi connectivity index (χ3n) is 1.65. The van der Waals surface area contributed by atoms with E-state index in [0.717, 1.165) is 25.9 Å².